The summed E-state index contributed by atoms with van der Waals surface area (Å²) in [4.78, 5) is 51.3. The van der Waals surface area contributed by atoms with Crippen LogP contribution in [-0.4, -0.2) is 77.6 Å². The fourth-order valence-corrected chi connectivity index (χ4v) is 5.75. The summed E-state index contributed by atoms with van der Waals surface area (Å²) in [5, 5.41) is 26.5. The number of nitrogens with one attached hydrogen (secondary N) is 3. The van der Waals surface area contributed by atoms with Gasteiger partial charge >= 0.3 is 12.1 Å². The number of aliphatic hydroxyl groups excluding tert-OH is 1. The summed E-state index contributed by atoms with van der Waals surface area (Å²) < 4.78 is 38.9. The third-order valence-electron chi connectivity index (χ3n) is 7.98. The maximum absolute atomic E-state index is 13.5. The quantitative estimate of drug-likeness (QED) is 0.359. The van der Waals surface area contributed by atoms with E-state index < -0.39 is 58.8 Å². The van der Waals surface area contributed by atoms with Crippen molar-refractivity contribution in [3.05, 3.63) is 0 Å². The van der Waals surface area contributed by atoms with Crippen molar-refractivity contribution in [3.8, 4) is 6.07 Å². The number of piperidine rings is 1. The molecule has 3 aliphatic rings. The lowest BCUT2D eigenvalue weighted by molar-refractivity contribution is -0.176. The van der Waals surface area contributed by atoms with E-state index in [0.29, 0.717) is 13.0 Å². The minimum absolute atomic E-state index is 0.122. The third-order valence-corrected chi connectivity index (χ3v) is 7.98. The number of nitrogens with zero attached hydrogens (tertiary/aromatic N) is 2. The van der Waals surface area contributed by atoms with Gasteiger partial charge in [-0.25, -0.2) is 0 Å². The number of carbonyl (C=O) groups excluding carboxylic acids is 4. The highest BCUT2D eigenvalue weighted by molar-refractivity contribution is 5.91. The molecule has 3 rings (SSSR count). The van der Waals surface area contributed by atoms with Crippen LogP contribution in [-0.2, 0) is 19.2 Å². The van der Waals surface area contributed by atoms with Gasteiger partial charge in [-0.2, -0.15) is 18.4 Å². The molecule has 1 saturated carbocycles. The van der Waals surface area contributed by atoms with Crippen LogP contribution in [0, 0.1) is 39.9 Å². The van der Waals surface area contributed by atoms with Gasteiger partial charge in [0.05, 0.1) is 6.07 Å². The summed E-state index contributed by atoms with van der Waals surface area (Å²) >= 11 is 0. The molecule has 4 amide bonds. The molecule has 0 aromatic carbocycles. The first kappa shape index (κ1) is 28.7. The Bertz CT molecular complexity index is 991. The van der Waals surface area contributed by atoms with Crippen LogP contribution in [0.3, 0.4) is 0 Å². The Morgan fingerprint density at radius 3 is 2.41 bits per heavy atom. The van der Waals surface area contributed by atoms with E-state index in [1.54, 1.807) is 0 Å². The van der Waals surface area contributed by atoms with E-state index in [-0.39, 0.29) is 43.7 Å². The van der Waals surface area contributed by atoms with E-state index in [4.69, 9.17) is 0 Å². The van der Waals surface area contributed by atoms with E-state index in [1.165, 1.54) is 25.7 Å². The lowest BCUT2D eigenvalue weighted by Gasteiger charge is -2.38. The molecule has 2 saturated heterocycles. The number of likely N-dealkylation sites (tertiary alicyclic amines) is 1. The van der Waals surface area contributed by atoms with Crippen LogP contribution in [0.25, 0.3) is 0 Å². The first-order valence-corrected chi connectivity index (χ1v) is 12.3. The Morgan fingerprint density at radius 1 is 1.27 bits per heavy atom. The number of hydrogen-bond acceptors (Lipinski definition) is 6. The fourth-order valence-electron chi connectivity index (χ4n) is 5.75. The predicted octanol–water partition coefficient (Wildman–Crippen LogP) is 0.460. The monoisotopic (exact) mass is 529 g/mol. The average Bonchev–Trinajstić information content (AvgIpc) is 3.05. The second-order valence-electron chi connectivity index (χ2n) is 11.6. The maximum Gasteiger partial charge on any atom is 0.471 e. The molecule has 206 valence electrons. The number of rotatable bonds is 8. The molecular weight excluding hydrogens is 495 g/mol. The highest BCUT2D eigenvalue weighted by Crippen LogP contribution is 2.65. The van der Waals surface area contributed by atoms with Crippen LogP contribution in [0.15, 0.2) is 0 Å². The summed E-state index contributed by atoms with van der Waals surface area (Å²) in [6.45, 7) is 6.83. The maximum atomic E-state index is 13.5. The van der Waals surface area contributed by atoms with Crippen molar-refractivity contribution in [1.29, 1.82) is 5.26 Å². The van der Waals surface area contributed by atoms with Crippen molar-refractivity contribution in [2.45, 2.75) is 71.3 Å². The topological polar surface area (TPSA) is 152 Å². The summed E-state index contributed by atoms with van der Waals surface area (Å²) in [7, 11) is 0. The van der Waals surface area contributed by atoms with Gasteiger partial charge in [0, 0.05) is 43.5 Å². The van der Waals surface area contributed by atoms with Gasteiger partial charge in [-0.05, 0) is 30.1 Å². The van der Waals surface area contributed by atoms with Crippen LogP contribution in [0.5, 0.6) is 0 Å². The molecule has 10 nitrogen and oxygen atoms in total. The minimum atomic E-state index is -5.17. The van der Waals surface area contributed by atoms with Gasteiger partial charge in [0.1, 0.15) is 12.1 Å². The van der Waals surface area contributed by atoms with Gasteiger partial charge in [-0.1, -0.05) is 27.7 Å². The van der Waals surface area contributed by atoms with Crippen molar-refractivity contribution in [3.63, 3.8) is 0 Å². The van der Waals surface area contributed by atoms with Crippen molar-refractivity contribution in [2.24, 2.45) is 28.6 Å². The number of carbonyl (C=O) groups is 4. The van der Waals surface area contributed by atoms with Gasteiger partial charge in [0.15, 0.2) is 0 Å². The highest BCUT2D eigenvalue weighted by Gasteiger charge is 2.70. The number of halogens is 3. The molecule has 0 aromatic rings. The smallest absolute Gasteiger partial charge is 0.396 e. The molecule has 2 heterocycles. The van der Waals surface area contributed by atoms with Crippen LogP contribution in [0.2, 0.25) is 0 Å². The van der Waals surface area contributed by atoms with Crippen LogP contribution in [0.4, 0.5) is 13.2 Å². The van der Waals surface area contributed by atoms with Crippen molar-refractivity contribution >= 4 is 23.6 Å². The Balaban J connectivity index is 1.76. The van der Waals surface area contributed by atoms with Crippen LogP contribution >= 0.6 is 0 Å². The molecule has 0 aromatic heterocycles. The zero-order chi connectivity index (χ0) is 27.9. The van der Waals surface area contributed by atoms with E-state index in [0.717, 1.165) is 0 Å². The SMILES string of the molecule is CC(C)(C)[C@H](NC(=O)C(F)(F)F)C(=O)N1CC2[C@@H]([C@H]1CC(=O)N[C@H](C#N)C[C@@H]1CCNC1=O)[C@]2(C)CO. The second kappa shape index (κ2) is 10.1. The molecule has 2 aliphatic heterocycles. The summed E-state index contributed by atoms with van der Waals surface area (Å²) in [5.41, 5.74) is -1.61. The number of amides is 4. The minimum Gasteiger partial charge on any atom is -0.396 e. The van der Waals surface area contributed by atoms with Crippen LogP contribution < -0.4 is 16.0 Å². The van der Waals surface area contributed by atoms with Gasteiger partial charge in [0.2, 0.25) is 17.7 Å². The van der Waals surface area contributed by atoms with E-state index in [2.05, 4.69) is 10.6 Å². The zero-order valence-corrected chi connectivity index (χ0v) is 21.3. The highest BCUT2D eigenvalue weighted by atomic mass is 19.4. The van der Waals surface area contributed by atoms with Gasteiger partial charge in [-0.3, -0.25) is 19.2 Å². The zero-order valence-electron chi connectivity index (χ0n) is 21.3. The molecule has 0 radical (unpaired) electrons. The van der Waals surface area contributed by atoms with Gasteiger partial charge in [0.25, 0.3) is 0 Å². The summed E-state index contributed by atoms with van der Waals surface area (Å²) in [6.07, 6.45) is -4.72. The largest absolute Gasteiger partial charge is 0.471 e. The predicted molar refractivity (Wildman–Crippen MR) is 123 cm³/mol. The molecule has 37 heavy (non-hydrogen) atoms. The molecular formula is C24H34F3N5O5. The summed E-state index contributed by atoms with van der Waals surface area (Å²) in [6, 6.07) is -1.20. The van der Waals surface area contributed by atoms with Gasteiger partial charge < -0.3 is 26.0 Å². The molecule has 7 atom stereocenters. The molecule has 0 spiro atoms. The van der Waals surface area contributed by atoms with Gasteiger partial charge in [-0.15, -0.1) is 0 Å². The Hall–Kier alpha value is -2.88. The normalized spacial score (nSPS) is 30.6. The lowest BCUT2D eigenvalue weighted by Crippen LogP contribution is -2.59. The number of alkyl halides is 3. The number of hydrogen-bond donors (Lipinski definition) is 4. The van der Waals surface area contributed by atoms with E-state index in [9.17, 15) is 42.7 Å². The molecule has 4 N–H and O–H groups in total. The molecule has 0 bridgehead atoms. The number of nitriles is 1. The Labute approximate surface area is 213 Å². The standard InChI is InChI=1S/C24H34F3N5O5/c1-22(2,3)18(31-21(37)24(25,26)27)20(36)32-10-14-17(23(14,4)11-33)15(32)8-16(34)30-13(9-28)7-12-5-6-29-19(12)35/h12-15,17-18,33H,5-8,10-11H2,1-4H3,(H,29,35)(H,30,34)(H,31,37)/t12-,13-,14?,15+,17-,18+,23+/m0/s1. The molecule has 13 heteroatoms. The first-order chi connectivity index (χ1) is 17.0. The average molecular weight is 530 g/mol. The lowest BCUT2D eigenvalue weighted by atomic mass is 9.85. The van der Waals surface area contributed by atoms with E-state index >= 15 is 0 Å². The second-order valence-corrected chi connectivity index (χ2v) is 11.6. The first-order valence-electron chi connectivity index (χ1n) is 12.3. The fraction of sp³-hybridized carbons (Fsp3) is 0.792. The third kappa shape index (κ3) is 5.84. The molecule has 3 fully saturated rings. The molecule has 1 aliphatic carbocycles. The Morgan fingerprint density at radius 2 is 1.92 bits per heavy atom. The van der Waals surface area contributed by atoms with Crippen LogP contribution in [0.1, 0.15) is 47.0 Å². The molecule has 1 unspecified atom stereocenters. The van der Waals surface area contributed by atoms with Crippen molar-refractivity contribution in [2.75, 3.05) is 19.7 Å². The van der Waals surface area contributed by atoms with E-state index in [1.807, 2.05) is 18.3 Å². The van der Waals surface area contributed by atoms with Crippen molar-refractivity contribution < 1.29 is 37.5 Å². The summed E-state index contributed by atoms with van der Waals surface area (Å²) in [5.74, 6) is -4.53. The number of fused-ring (bicyclic) bond motifs is 1. The Kier molecular flexibility index (Phi) is 7.84. The number of aliphatic hydroxyl groups is 1. The van der Waals surface area contributed by atoms with Crippen molar-refractivity contribution in [1.82, 2.24) is 20.9 Å².